The Labute approximate surface area is 128 Å². The molecule has 0 spiro atoms. The Bertz CT molecular complexity index is 442. The highest BCUT2D eigenvalue weighted by Gasteiger charge is 2.20. The minimum atomic E-state index is 0.111. The minimum Gasteiger partial charge on any atom is -0.465 e. The first-order chi connectivity index (χ1) is 9.85. The van der Waals surface area contributed by atoms with Gasteiger partial charge in [0.25, 0.3) is 0 Å². The predicted molar refractivity (Wildman–Crippen MR) is 85.3 cm³/mol. The number of nitrogens with zero attached hydrogens (tertiary/aromatic N) is 1. The van der Waals surface area contributed by atoms with Crippen LogP contribution in [-0.2, 0) is 17.8 Å². The van der Waals surface area contributed by atoms with E-state index in [2.05, 4.69) is 51.0 Å². The van der Waals surface area contributed by atoms with E-state index in [-0.39, 0.29) is 5.54 Å². The number of ether oxygens (including phenoxy) is 1. The number of nitrogens with one attached hydrogen (secondary N) is 1. The van der Waals surface area contributed by atoms with Crippen molar-refractivity contribution in [3.05, 3.63) is 23.2 Å². The van der Waals surface area contributed by atoms with Crippen LogP contribution in [0.2, 0.25) is 0 Å². The van der Waals surface area contributed by atoms with Gasteiger partial charge in [0.2, 0.25) is 0 Å². The third-order valence-electron chi connectivity index (χ3n) is 4.10. The van der Waals surface area contributed by atoms with Crippen molar-refractivity contribution in [1.29, 1.82) is 0 Å². The van der Waals surface area contributed by atoms with Crippen LogP contribution in [-0.4, -0.2) is 36.7 Å². The van der Waals surface area contributed by atoms with Crippen LogP contribution in [0.3, 0.4) is 0 Å². The molecule has 1 aliphatic rings. The van der Waals surface area contributed by atoms with Gasteiger partial charge in [0.15, 0.2) is 0 Å². The van der Waals surface area contributed by atoms with Gasteiger partial charge in [-0.1, -0.05) is 0 Å². The second-order valence-electron chi connectivity index (χ2n) is 7.16. The minimum absolute atomic E-state index is 0.111. The lowest BCUT2D eigenvalue weighted by Gasteiger charge is -2.30. The number of hydrogen-bond acceptors (Lipinski definition) is 4. The summed E-state index contributed by atoms with van der Waals surface area (Å²) >= 11 is 0. The molecule has 1 saturated heterocycles. The van der Waals surface area contributed by atoms with E-state index in [4.69, 9.17) is 9.15 Å². The Hall–Kier alpha value is -0.840. The molecule has 0 radical (unpaired) electrons. The van der Waals surface area contributed by atoms with Crippen molar-refractivity contribution in [2.45, 2.75) is 65.2 Å². The summed E-state index contributed by atoms with van der Waals surface area (Å²) in [5.74, 6) is 2.07. The largest absolute Gasteiger partial charge is 0.465 e. The van der Waals surface area contributed by atoms with E-state index in [0.29, 0.717) is 6.04 Å². The van der Waals surface area contributed by atoms with Crippen molar-refractivity contribution < 1.29 is 9.15 Å². The predicted octanol–water partition coefficient (Wildman–Crippen LogP) is 3.09. The van der Waals surface area contributed by atoms with E-state index in [9.17, 15) is 0 Å². The van der Waals surface area contributed by atoms with Crippen LogP contribution < -0.4 is 5.32 Å². The highest BCUT2D eigenvalue weighted by Crippen LogP contribution is 2.20. The van der Waals surface area contributed by atoms with E-state index in [1.54, 1.807) is 0 Å². The van der Waals surface area contributed by atoms with Crippen LogP contribution >= 0.6 is 0 Å². The van der Waals surface area contributed by atoms with Crippen molar-refractivity contribution in [1.82, 2.24) is 10.2 Å². The normalized spacial score (nSPS) is 17.6. The zero-order valence-electron chi connectivity index (χ0n) is 14.2. The molecule has 1 aliphatic heterocycles. The van der Waals surface area contributed by atoms with E-state index < -0.39 is 0 Å². The van der Waals surface area contributed by atoms with Gasteiger partial charge in [-0.15, -0.1) is 0 Å². The highest BCUT2D eigenvalue weighted by atomic mass is 16.5. The molecule has 0 atom stereocenters. The standard InChI is InChI=1S/C17H30N2O2/c1-13-14(10-16(21-13)11-18-17(2,3)4)12-19(5)15-6-8-20-9-7-15/h10,15,18H,6-9,11-12H2,1-5H3. The van der Waals surface area contributed by atoms with Gasteiger partial charge in [-0.3, -0.25) is 4.90 Å². The molecule has 1 aromatic rings. The first-order valence-electron chi connectivity index (χ1n) is 7.96. The second kappa shape index (κ2) is 6.95. The Morgan fingerprint density at radius 1 is 1.29 bits per heavy atom. The summed E-state index contributed by atoms with van der Waals surface area (Å²) in [6.45, 7) is 12.1. The smallest absolute Gasteiger partial charge is 0.118 e. The van der Waals surface area contributed by atoms with E-state index in [1.165, 1.54) is 5.56 Å². The topological polar surface area (TPSA) is 37.6 Å². The van der Waals surface area contributed by atoms with Gasteiger partial charge in [-0.2, -0.15) is 0 Å². The average Bonchev–Trinajstić information content (AvgIpc) is 2.77. The van der Waals surface area contributed by atoms with Crippen LogP contribution in [0.25, 0.3) is 0 Å². The van der Waals surface area contributed by atoms with E-state index in [1.807, 2.05) is 0 Å². The first kappa shape index (κ1) is 16.5. The van der Waals surface area contributed by atoms with Crippen LogP contribution in [0.4, 0.5) is 0 Å². The van der Waals surface area contributed by atoms with Crippen molar-refractivity contribution >= 4 is 0 Å². The molecule has 1 N–H and O–H groups in total. The molecule has 0 aromatic carbocycles. The van der Waals surface area contributed by atoms with Crippen molar-refractivity contribution in [3.63, 3.8) is 0 Å². The summed E-state index contributed by atoms with van der Waals surface area (Å²) in [5.41, 5.74) is 1.41. The van der Waals surface area contributed by atoms with Gasteiger partial charge < -0.3 is 14.5 Å². The molecular formula is C17H30N2O2. The molecule has 0 bridgehead atoms. The summed E-state index contributed by atoms with van der Waals surface area (Å²) in [7, 11) is 2.20. The summed E-state index contributed by atoms with van der Waals surface area (Å²) < 4.78 is 11.3. The van der Waals surface area contributed by atoms with Gasteiger partial charge in [-0.25, -0.2) is 0 Å². The molecule has 0 saturated carbocycles. The molecular weight excluding hydrogens is 264 g/mol. The molecule has 0 unspecified atom stereocenters. The molecule has 120 valence electrons. The average molecular weight is 294 g/mol. The lowest BCUT2D eigenvalue weighted by Crippen LogP contribution is -2.36. The third-order valence-corrected chi connectivity index (χ3v) is 4.10. The number of aryl methyl sites for hydroxylation is 1. The first-order valence-corrected chi connectivity index (χ1v) is 7.96. The molecule has 0 amide bonds. The zero-order valence-corrected chi connectivity index (χ0v) is 14.2. The molecule has 2 heterocycles. The van der Waals surface area contributed by atoms with Crippen molar-refractivity contribution in [2.24, 2.45) is 0 Å². The SMILES string of the molecule is Cc1oc(CNC(C)(C)C)cc1CN(C)C1CCOCC1. The summed E-state index contributed by atoms with van der Waals surface area (Å²) in [6, 6.07) is 2.83. The summed E-state index contributed by atoms with van der Waals surface area (Å²) in [4.78, 5) is 2.43. The quantitative estimate of drug-likeness (QED) is 0.905. The lowest BCUT2D eigenvalue weighted by atomic mass is 10.1. The zero-order chi connectivity index (χ0) is 15.5. The van der Waals surface area contributed by atoms with Crippen molar-refractivity contribution in [2.75, 3.05) is 20.3 Å². The van der Waals surface area contributed by atoms with E-state index in [0.717, 1.165) is 50.7 Å². The van der Waals surface area contributed by atoms with Gasteiger partial charge in [-0.05, 0) is 53.7 Å². The maximum absolute atomic E-state index is 5.88. The molecule has 0 aliphatic carbocycles. The molecule has 4 heteroatoms. The Kier molecular flexibility index (Phi) is 5.47. The maximum atomic E-state index is 5.88. The maximum Gasteiger partial charge on any atom is 0.118 e. The Balaban J connectivity index is 1.92. The van der Waals surface area contributed by atoms with Crippen LogP contribution in [0.1, 0.15) is 50.7 Å². The van der Waals surface area contributed by atoms with Gasteiger partial charge in [0.05, 0.1) is 6.54 Å². The van der Waals surface area contributed by atoms with Gasteiger partial charge >= 0.3 is 0 Å². The molecule has 1 fully saturated rings. The fourth-order valence-corrected chi connectivity index (χ4v) is 2.71. The van der Waals surface area contributed by atoms with Crippen LogP contribution in [0.15, 0.2) is 10.5 Å². The summed E-state index contributed by atoms with van der Waals surface area (Å²) in [6.07, 6.45) is 2.26. The monoisotopic (exact) mass is 294 g/mol. The Morgan fingerprint density at radius 3 is 2.57 bits per heavy atom. The molecule has 4 nitrogen and oxygen atoms in total. The van der Waals surface area contributed by atoms with Gasteiger partial charge in [0.1, 0.15) is 11.5 Å². The van der Waals surface area contributed by atoms with Crippen molar-refractivity contribution in [3.8, 4) is 0 Å². The van der Waals surface area contributed by atoms with Gasteiger partial charge in [0, 0.05) is 36.9 Å². The van der Waals surface area contributed by atoms with E-state index >= 15 is 0 Å². The second-order valence-corrected chi connectivity index (χ2v) is 7.16. The molecule has 1 aromatic heterocycles. The molecule has 2 rings (SSSR count). The Morgan fingerprint density at radius 2 is 1.95 bits per heavy atom. The number of rotatable bonds is 5. The molecule has 21 heavy (non-hydrogen) atoms. The fraction of sp³-hybridized carbons (Fsp3) is 0.765. The lowest BCUT2D eigenvalue weighted by molar-refractivity contribution is 0.0406. The van der Waals surface area contributed by atoms with Crippen LogP contribution in [0, 0.1) is 6.92 Å². The number of furan rings is 1. The van der Waals surface area contributed by atoms with Crippen LogP contribution in [0.5, 0.6) is 0 Å². The fourth-order valence-electron chi connectivity index (χ4n) is 2.71. The third kappa shape index (κ3) is 5.13. The number of hydrogen-bond donors (Lipinski definition) is 1. The highest BCUT2D eigenvalue weighted by molar-refractivity contribution is 5.21. The summed E-state index contributed by atoms with van der Waals surface area (Å²) in [5, 5.41) is 3.47.